The molecule has 0 bridgehead atoms. The monoisotopic (exact) mass is 381 g/mol. The third kappa shape index (κ3) is 3.51. The lowest BCUT2D eigenvalue weighted by Crippen LogP contribution is -2.49. The fourth-order valence-corrected chi connectivity index (χ4v) is 3.61. The van der Waals surface area contributed by atoms with Gasteiger partial charge in [0.05, 0.1) is 11.6 Å². The van der Waals surface area contributed by atoms with Crippen LogP contribution in [-0.4, -0.2) is 47.6 Å². The molecule has 0 radical (unpaired) electrons. The maximum atomic E-state index is 12.9. The second-order valence-electron chi connectivity index (χ2n) is 6.60. The molecule has 8 heteroatoms. The summed E-state index contributed by atoms with van der Waals surface area (Å²) in [6.45, 7) is -1.10. The summed E-state index contributed by atoms with van der Waals surface area (Å²) < 4.78 is 30.3. The molecule has 1 atom stereocenters. The zero-order valence-electron chi connectivity index (χ0n) is 14.8. The highest BCUT2D eigenvalue weighted by molar-refractivity contribution is 7.80. The van der Waals surface area contributed by atoms with E-state index in [9.17, 15) is 13.6 Å². The fraction of sp³-hybridized carbons (Fsp3) is 0.444. The number of nitrogens with zero attached hydrogens (tertiary/aromatic N) is 2. The van der Waals surface area contributed by atoms with E-state index in [4.69, 9.17) is 12.2 Å². The topological polar surface area (TPSA) is 44.8 Å². The number of rotatable bonds is 5. The molecule has 2 aliphatic rings. The first-order valence-corrected chi connectivity index (χ1v) is 8.78. The van der Waals surface area contributed by atoms with E-state index < -0.39 is 12.7 Å². The van der Waals surface area contributed by atoms with Crippen LogP contribution in [0.25, 0.3) is 0 Å². The highest BCUT2D eigenvalue weighted by Crippen LogP contribution is 2.40. The van der Waals surface area contributed by atoms with Gasteiger partial charge in [-0.25, -0.2) is 0 Å². The minimum atomic E-state index is -2.95. The van der Waals surface area contributed by atoms with Crippen LogP contribution in [0.2, 0.25) is 0 Å². The second kappa shape index (κ2) is 7.19. The van der Waals surface area contributed by atoms with Gasteiger partial charge in [0.1, 0.15) is 5.75 Å². The van der Waals surface area contributed by atoms with Crippen molar-refractivity contribution < 1.29 is 18.3 Å². The number of ether oxygens (including phenoxy) is 1. The Labute approximate surface area is 156 Å². The number of benzene rings is 1. The molecule has 1 aliphatic heterocycles. The van der Waals surface area contributed by atoms with Crippen molar-refractivity contribution in [2.45, 2.75) is 38.5 Å². The predicted molar refractivity (Wildman–Crippen MR) is 97.8 cm³/mol. The average molecular weight is 381 g/mol. The molecule has 3 rings (SSSR count). The van der Waals surface area contributed by atoms with Crippen LogP contribution in [0.1, 0.15) is 31.4 Å². The highest BCUT2D eigenvalue weighted by atomic mass is 32.1. The number of carbonyl (C=O) groups is 1. The van der Waals surface area contributed by atoms with E-state index in [0.29, 0.717) is 16.2 Å². The van der Waals surface area contributed by atoms with E-state index in [1.54, 1.807) is 32.3 Å². The van der Waals surface area contributed by atoms with Crippen LogP contribution in [-0.2, 0) is 4.79 Å². The minimum absolute atomic E-state index is 0.0273. The van der Waals surface area contributed by atoms with Gasteiger partial charge in [0.15, 0.2) is 5.11 Å². The summed E-state index contributed by atoms with van der Waals surface area (Å²) in [5.41, 5.74) is 1.70. The second-order valence-corrected chi connectivity index (χ2v) is 6.99. The van der Waals surface area contributed by atoms with E-state index >= 15 is 0 Å². The third-order valence-electron chi connectivity index (χ3n) is 4.52. The van der Waals surface area contributed by atoms with Crippen LogP contribution in [0.4, 0.5) is 8.78 Å². The summed E-state index contributed by atoms with van der Waals surface area (Å²) >= 11 is 5.50. The number of para-hydroxylation sites is 1. The van der Waals surface area contributed by atoms with E-state index in [1.807, 2.05) is 11.8 Å². The summed E-state index contributed by atoms with van der Waals surface area (Å²) in [7, 11) is 3.32. The number of hydrogen-bond donors (Lipinski definition) is 1. The molecular formula is C18H21F2N3O2S. The van der Waals surface area contributed by atoms with Crippen LogP contribution >= 0.6 is 12.2 Å². The van der Waals surface area contributed by atoms with Crippen molar-refractivity contribution in [2.75, 3.05) is 14.1 Å². The van der Waals surface area contributed by atoms with Gasteiger partial charge in [-0.3, -0.25) is 4.79 Å². The summed E-state index contributed by atoms with van der Waals surface area (Å²) in [4.78, 5) is 16.3. The minimum Gasteiger partial charge on any atom is -0.434 e. The maximum Gasteiger partial charge on any atom is 0.387 e. The number of halogens is 2. The number of likely N-dealkylation sites (N-methyl/N-ethyl adjacent to an activating group) is 1. The van der Waals surface area contributed by atoms with Gasteiger partial charge in [0, 0.05) is 31.4 Å². The van der Waals surface area contributed by atoms with Crippen molar-refractivity contribution >= 4 is 23.2 Å². The molecule has 1 N–H and O–H groups in total. The van der Waals surface area contributed by atoms with Crippen molar-refractivity contribution in [3.05, 3.63) is 41.1 Å². The fourth-order valence-electron chi connectivity index (χ4n) is 3.20. The Kier molecular flexibility index (Phi) is 5.13. The Bertz CT molecular complexity index is 763. The Morgan fingerprint density at radius 2 is 2.00 bits per heavy atom. The van der Waals surface area contributed by atoms with Crippen molar-refractivity contribution in [3.8, 4) is 5.75 Å². The molecular weight excluding hydrogens is 360 g/mol. The van der Waals surface area contributed by atoms with Crippen molar-refractivity contribution in [2.24, 2.45) is 0 Å². The number of amides is 1. The first kappa shape index (κ1) is 18.6. The van der Waals surface area contributed by atoms with Gasteiger partial charge in [0.2, 0.25) is 0 Å². The van der Waals surface area contributed by atoms with E-state index in [-0.39, 0.29) is 17.7 Å². The molecule has 0 unspecified atom stereocenters. The Morgan fingerprint density at radius 1 is 1.35 bits per heavy atom. The zero-order valence-corrected chi connectivity index (χ0v) is 15.6. The van der Waals surface area contributed by atoms with Gasteiger partial charge >= 0.3 is 6.61 Å². The summed E-state index contributed by atoms with van der Waals surface area (Å²) in [6.07, 6.45) is 2.02. The molecule has 1 amide bonds. The average Bonchev–Trinajstić information content (AvgIpc) is 3.38. The molecule has 1 aromatic rings. The van der Waals surface area contributed by atoms with E-state index in [0.717, 1.165) is 18.5 Å². The number of allylic oxidation sites excluding steroid dienone is 1. The molecule has 0 spiro atoms. The van der Waals surface area contributed by atoms with Crippen molar-refractivity contribution in [1.82, 2.24) is 15.1 Å². The van der Waals surface area contributed by atoms with Crippen LogP contribution in [0.5, 0.6) is 5.75 Å². The maximum absolute atomic E-state index is 12.9. The molecule has 1 aliphatic carbocycles. The summed E-state index contributed by atoms with van der Waals surface area (Å²) in [6, 6.07) is 6.10. The SMILES string of the molecule is CC1=C(C(=O)N(C)C)[C@H](c2ccccc2OC(F)F)NC(=S)N1C1CC1. The van der Waals surface area contributed by atoms with Gasteiger partial charge in [-0.1, -0.05) is 18.2 Å². The number of carbonyl (C=O) groups excluding carboxylic acids is 1. The lowest BCUT2D eigenvalue weighted by molar-refractivity contribution is -0.125. The summed E-state index contributed by atoms with van der Waals surface area (Å²) in [5, 5.41) is 3.66. The predicted octanol–water partition coefficient (Wildman–Crippen LogP) is 3.04. The molecule has 0 aromatic heterocycles. The van der Waals surface area contributed by atoms with Gasteiger partial charge in [-0.15, -0.1) is 0 Å². The first-order chi connectivity index (χ1) is 12.3. The largest absolute Gasteiger partial charge is 0.434 e. The third-order valence-corrected chi connectivity index (χ3v) is 4.84. The normalized spacial score (nSPS) is 20.3. The van der Waals surface area contributed by atoms with Gasteiger partial charge < -0.3 is 19.9 Å². The Hall–Kier alpha value is -2.22. The molecule has 5 nitrogen and oxygen atoms in total. The summed E-state index contributed by atoms with van der Waals surface area (Å²) in [5.74, 6) is -0.167. The lowest BCUT2D eigenvalue weighted by Gasteiger charge is -2.39. The molecule has 1 saturated carbocycles. The van der Waals surface area contributed by atoms with Crippen molar-refractivity contribution in [1.29, 1.82) is 0 Å². The van der Waals surface area contributed by atoms with E-state index in [2.05, 4.69) is 10.1 Å². The van der Waals surface area contributed by atoms with Crippen LogP contribution in [0, 0.1) is 0 Å². The smallest absolute Gasteiger partial charge is 0.387 e. The highest BCUT2D eigenvalue weighted by Gasteiger charge is 2.41. The Morgan fingerprint density at radius 3 is 2.58 bits per heavy atom. The molecule has 0 saturated heterocycles. The first-order valence-electron chi connectivity index (χ1n) is 8.37. The lowest BCUT2D eigenvalue weighted by atomic mass is 9.93. The zero-order chi connectivity index (χ0) is 19.0. The molecule has 140 valence electrons. The number of hydrogen-bond acceptors (Lipinski definition) is 3. The van der Waals surface area contributed by atoms with Crippen molar-refractivity contribution in [3.63, 3.8) is 0 Å². The number of thiocarbonyl (C=S) groups is 1. The molecule has 1 fully saturated rings. The quantitative estimate of drug-likeness (QED) is 0.795. The molecule has 26 heavy (non-hydrogen) atoms. The van der Waals surface area contributed by atoms with Gasteiger partial charge in [-0.05, 0) is 38.0 Å². The van der Waals surface area contributed by atoms with Gasteiger partial charge in [-0.2, -0.15) is 8.78 Å². The van der Waals surface area contributed by atoms with Crippen LogP contribution in [0.3, 0.4) is 0 Å². The number of alkyl halides is 2. The van der Waals surface area contributed by atoms with E-state index in [1.165, 1.54) is 11.0 Å². The van der Waals surface area contributed by atoms with Gasteiger partial charge in [0.25, 0.3) is 5.91 Å². The molecule has 1 aromatic carbocycles. The molecule has 1 heterocycles. The standard InChI is InChI=1S/C18H21F2N3O2S/c1-10-14(16(24)22(2)3)15(21-18(26)23(10)11-8-9-11)12-6-4-5-7-13(12)25-17(19)20/h4-7,11,15,17H,8-9H2,1-3H3,(H,21,26)/t15-/m0/s1. The number of nitrogens with one attached hydrogen (secondary N) is 1. The van der Waals surface area contributed by atoms with Crippen LogP contribution in [0.15, 0.2) is 35.5 Å². The Balaban J connectivity index is 2.10. The van der Waals surface area contributed by atoms with Crippen LogP contribution < -0.4 is 10.1 Å².